The normalized spacial score (nSPS) is 30.9. The molecule has 0 radical (unpaired) electrons. The van der Waals surface area contributed by atoms with Crippen LogP contribution in [0.4, 0.5) is 0 Å². The number of allylic oxidation sites excluding steroid dienone is 2. The van der Waals surface area contributed by atoms with E-state index in [1.807, 2.05) is 6.07 Å². The highest BCUT2D eigenvalue weighted by molar-refractivity contribution is 5.28. The van der Waals surface area contributed by atoms with Crippen LogP contribution in [0.15, 0.2) is 36.4 Å². The summed E-state index contributed by atoms with van der Waals surface area (Å²) in [4.78, 5) is 5.27. The highest BCUT2D eigenvalue weighted by atomic mass is 16.5. The summed E-state index contributed by atoms with van der Waals surface area (Å²) in [5, 5.41) is 0. The maximum absolute atomic E-state index is 5.33. The number of nitrogens with zero attached hydrogens (tertiary/aromatic N) is 2. The van der Waals surface area contributed by atoms with Crippen LogP contribution in [0, 0.1) is 17.8 Å². The second kappa shape index (κ2) is 6.66. The Hall–Kier alpha value is -1.32. The molecule has 3 heteroatoms. The lowest BCUT2D eigenvalue weighted by Crippen LogP contribution is -2.47. The fraction of sp³-hybridized carbons (Fsp3) is 0.600. The molecule has 3 aliphatic rings. The van der Waals surface area contributed by atoms with Gasteiger partial charge in [0.15, 0.2) is 0 Å². The van der Waals surface area contributed by atoms with Crippen molar-refractivity contribution in [2.75, 3.05) is 39.8 Å². The van der Waals surface area contributed by atoms with E-state index in [0.717, 1.165) is 30.0 Å². The maximum Gasteiger partial charge on any atom is 0.119 e. The van der Waals surface area contributed by atoms with E-state index in [-0.39, 0.29) is 0 Å². The predicted octanol–water partition coefficient (Wildman–Crippen LogP) is 3.03. The minimum atomic E-state index is 0.884. The molecule has 3 atom stereocenters. The molecule has 0 spiro atoms. The number of hydrogen-bond acceptors (Lipinski definition) is 3. The van der Waals surface area contributed by atoms with E-state index < -0.39 is 0 Å². The molecule has 2 aliphatic carbocycles. The lowest BCUT2D eigenvalue weighted by Gasteiger charge is -2.37. The predicted molar refractivity (Wildman–Crippen MR) is 93.6 cm³/mol. The van der Waals surface area contributed by atoms with Crippen molar-refractivity contribution >= 4 is 0 Å². The summed E-state index contributed by atoms with van der Waals surface area (Å²) in [7, 11) is 1.74. The van der Waals surface area contributed by atoms with Gasteiger partial charge in [-0.25, -0.2) is 0 Å². The zero-order valence-electron chi connectivity index (χ0n) is 14.2. The third-order valence-electron chi connectivity index (χ3n) is 5.91. The molecule has 1 saturated heterocycles. The summed E-state index contributed by atoms with van der Waals surface area (Å²) in [6.45, 7) is 7.19. The second-order valence-electron chi connectivity index (χ2n) is 7.47. The summed E-state index contributed by atoms with van der Waals surface area (Å²) in [5.74, 6) is 3.68. The fourth-order valence-electron chi connectivity index (χ4n) is 4.60. The summed E-state index contributed by atoms with van der Waals surface area (Å²) in [6.07, 6.45) is 7.80. The number of benzene rings is 1. The van der Waals surface area contributed by atoms with Gasteiger partial charge in [0.1, 0.15) is 5.75 Å². The van der Waals surface area contributed by atoms with E-state index in [0.29, 0.717) is 0 Å². The van der Waals surface area contributed by atoms with Crippen LogP contribution < -0.4 is 4.74 Å². The monoisotopic (exact) mass is 312 g/mol. The van der Waals surface area contributed by atoms with Gasteiger partial charge in [-0.05, 0) is 48.3 Å². The summed E-state index contributed by atoms with van der Waals surface area (Å²) < 4.78 is 5.33. The molecule has 4 rings (SSSR count). The SMILES string of the molecule is COc1cccc(CN2CCN(CC3CC4C=CC3C4)CC2)c1. The molecule has 1 aromatic rings. The Morgan fingerprint density at radius 3 is 2.57 bits per heavy atom. The highest BCUT2D eigenvalue weighted by Gasteiger charge is 2.36. The first kappa shape index (κ1) is 15.2. The molecule has 0 N–H and O–H groups in total. The zero-order chi connectivity index (χ0) is 15.6. The molecule has 23 heavy (non-hydrogen) atoms. The first-order valence-corrected chi connectivity index (χ1v) is 9.06. The Kier molecular flexibility index (Phi) is 4.41. The van der Waals surface area contributed by atoms with Gasteiger partial charge < -0.3 is 9.64 Å². The van der Waals surface area contributed by atoms with Crippen molar-refractivity contribution in [3.05, 3.63) is 42.0 Å². The van der Waals surface area contributed by atoms with Crippen molar-refractivity contribution in [3.63, 3.8) is 0 Å². The van der Waals surface area contributed by atoms with Gasteiger partial charge in [-0.2, -0.15) is 0 Å². The maximum atomic E-state index is 5.33. The van der Waals surface area contributed by atoms with Crippen molar-refractivity contribution in [2.24, 2.45) is 17.8 Å². The first-order valence-electron chi connectivity index (χ1n) is 9.06. The van der Waals surface area contributed by atoms with E-state index in [9.17, 15) is 0 Å². The Morgan fingerprint density at radius 1 is 1.04 bits per heavy atom. The van der Waals surface area contributed by atoms with Crippen LogP contribution >= 0.6 is 0 Å². The smallest absolute Gasteiger partial charge is 0.119 e. The lowest BCUT2D eigenvalue weighted by atomic mass is 9.93. The van der Waals surface area contributed by atoms with Crippen molar-refractivity contribution in [1.29, 1.82) is 0 Å². The summed E-state index contributed by atoms with van der Waals surface area (Å²) in [6, 6.07) is 8.47. The van der Waals surface area contributed by atoms with E-state index in [1.165, 1.54) is 51.1 Å². The van der Waals surface area contributed by atoms with Gasteiger partial charge in [0.05, 0.1) is 7.11 Å². The first-order chi connectivity index (χ1) is 11.3. The van der Waals surface area contributed by atoms with Crippen molar-refractivity contribution in [2.45, 2.75) is 19.4 Å². The van der Waals surface area contributed by atoms with Crippen LogP contribution in [0.5, 0.6) is 5.75 Å². The molecule has 1 saturated carbocycles. The Bertz CT molecular complexity index is 563. The van der Waals surface area contributed by atoms with E-state index in [1.54, 1.807) is 7.11 Å². The van der Waals surface area contributed by atoms with Gasteiger partial charge in [0.2, 0.25) is 0 Å². The summed E-state index contributed by atoms with van der Waals surface area (Å²) in [5.41, 5.74) is 1.36. The topological polar surface area (TPSA) is 15.7 Å². The highest BCUT2D eigenvalue weighted by Crippen LogP contribution is 2.43. The second-order valence-corrected chi connectivity index (χ2v) is 7.47. The third-order valence-corrected chi connectivity index (χ3v) is 5.91. The molecule has 1 aliphatic heterocycles. The van der Waals surface area contributed by atoms with Gasteiger partial charge >= 0.3 is 0 Å². The van der Waals surface area contributed by atoms with Crippen LogP contribution in [0.2, 0.25) is 0 Å². The van der Waals surface area contributed by atoms with Gasteiger partial charge in [0.25, 0.3) is 0 Å². The van der Waals surface area contributed by atoms with E-state index in [4.69, 9.17) is 4.74 Å². The summed E-state index contributed by atoms with van der Waals surface area (Å²) >= 11 is 0. The quantitative estimate of drug-likeness (QED) is 0.777. The average molecular weight is 312 g/mol. The minimum Gasteiger partial charge on any atom is -0.497 e. The molecule has 1 aromatic carbocycles. The third kappa shape index (κ3) is 3.46. The number of piperazine rings is 1. The van der Waals surface area contributed by atoms with Crippen molar-refractivity contribution in [3.8, 4) is 5.75 Å². The molecule has 0 amide bonds. The number of rotatable bonds is 5. The molecule has 3 nitrogen and oxygen atoms in total. The lowest BCUT2D eigenvalue weighted by molar-refractivity contribution is 0.108. The van der Waals surface area contributed by atoms with Gasteiger partial charge in [-0.15, -0.1) is 0 Å². The standard InChI is InChI=1S/C20H28N2O/c1-23-20-4-2-3-17(13-20)14-21-7-9-22(10-8-21)15-19-12-16-5-6-18(19)11-16/h2-6,13,16,18-19H,7-12,14-15H2,1H3. The number of ether oxygens (including phenoxy) is 1. The van der Waals surface area contributed by atoms with Crippen LogP contribution in [0.1, 0.15) is 18.4 Å². The van der Waals surface area contributed by atoms with Crippen molar-refractivity contribution in [1.82, 2.24) is 9.80 Å². The average Bonchev–Trinajstić information content (AvgIpc) is 3.20. The largest absolute Gasteiger partial charge is 0.497 e. The van der Waals surface area contributed by atoms with Crippen LogP contribution in [-0.4, -0.2) is 49.6 Å². The molecule has 124 valence electrons. The van der Waals surface area contributed by atoms with Gasteiger partial charge in [-0.1, -0.05) is 24.3 Å². The Labute approximate surface area is 139 Å². The molecule has 3 unspecified atom stereocenters. The molecule has 1 heterocycles. The molecular weight excluding hydrogens is 284 g/mol. The Balaban J connectivity index is 1.25. The zero-order valence-corrected chi connectivity index (χ0v) is 14.2. The van der Waals surface area contributed by atoms with Crippen molar-refractivity contribution < 1.29 is 4.74 Å². The number of hydrogen-bond donors (Lipinski definition) is 0. The fourth-order valence-corrected chi connectivity index (χ4v) is 4.60. The minimum absolute atomic E-state index is 0.884. The van der Waals surface area contributed by atoms with E-state index >= 15 is 0 Å². The van der Waals surface area contributed by atoms with Gasteiger partial charge in [-0.3, -0.25) is 4.90 Å². The number of methoxy groups -OCH3 is 1. The van der Waals surface area contributed by atoms with Gasteiger partial charge in [0, 0.05) is 39.3 Å². The van der Waals surface area contributed by atoms with E-state index in [2.05, 4.69) is 40.2 Å². The number of fused-ring (bicyclic) bond motifs is 2. The molecular formula is C20H28N2O. The van der Waals surface area contributed by atoms with Crippen LogP contribution in [0.3, 0.4) is 0 Å². The van der Waals surface area contributed by atoms with Crippen LogP contribution in [0.25, 0.3) is 0 Å². The Morgan fingerprint density at radius 2 is 1.87 bits per heavy atom. The van der Waals surface area contributed by atoms with Crippen LogP contribution in [-0.2, 0) is 6.54 Å². The molecule has 2 bridgehead atoms. The molecule has 2 fully saturated rings. The molecule has 0 aromatic heterocycles.